The molecule has 1 heterocycles. The maximum Gasteiger partial charge on any atom is 0.311 e. The fraction of sp³-hybridized carbons (Fsp3) is 0.238. The molecule has 0 saturated carbocycles. The second-order valence-electron chi connectivity index (χ2n) is 6.65. The Morgan fingerprint density at radius 1 is 1.14 bits per heavy atom. The number of amides is 2. The van der Waals surface area contributed by atoms with Crippen LogP contribution in [0.5, 0.6) is 0 Å². The van der Waals surface area contributed by atoms with Crippen LogP contribution >= 0.6 is 11.6 Å². The number of carbonyl (C=O) groups excluding carboxylic acids is 4. The average molecular weight is 415 g/mol. The van der Waals surface area contributed by atoms with Crippen molar-refractivity contribution in [1.82, 2.24) is 0 Å². The van der Waals surface area contributed by atoms with Gasteiger partial charge >= 0.3 is 5.97 Å². The molecule has 0 aliphatic carbocycles. The van der Waals surface area contributed by atoms with E-state index < -0.39 is 24.4 Å². The lowest BCUT2D eigenvalue weighted by molar-refractivity contribution is -0.151. The van der Waals surface area contributed by atoms with Crippen LogP contribution in [0.25, 0.3) is 0 Å². The molecule has 2 aromatic rings. The van der Waals surface area contributed by atoms with Crippen molar-refractivity contribution in [3.63, 3.8) is 0 Å². The molecule has 8 heteroatoms. The summed E-state index contributed by atoms with van der Waals surface area (Å²) in [6.07, 6.45) is -0.00180. The highest BCUT2D eigenvalue weighted by Crippen LogP contribution is 2.31. The summed E-state index contributed by atoms with van der Waals surface area (Å²) >= 11 is 6.12. The Morgan fingerprint density at radius 2 is 1.83 bits per heavy atom. The molecular weight excluding hydrogens is 396 g/mol. The number of halogens is 1. The zero-order valence-electron chi connectivity index (χ0n) is 15.7. The number of hydrogen-bond donors (Lipinski definition) is 1. The second-order valence-corrected chi connectivity index (χ2v) is 7.05. The minimum atomic E-state index is -0.665. The first-order chi connectivity index (χ1) is 13.8. The van der Waals surface area contributed by atoms with E-state index in [9.17, 15) is 19.2 Å². The predicted octanol–water partition coefficient (Wildman–Crippen LogP) is 3.08. The van der Waals surface area contributed by atoms with Crippen LogP contribution < -0.4 is 10.2 Å². The van der Waals surface area contributed by atoms with Crippen LogP contribution in [0.3, 0.4) is 0 Å². The Labute approximate surface area is 172 Å². The molecule has 1 N–H and O–H groups in total. The van der Waals surface area contributed by atoms with E-state index in [0.29, 0.717) is 22.0 Å². The Hall–Kier alpha value is -3.19. The number of ether oxygens (including phenoxy) is 1. The van der Waals surface area contributed by atoms with Crippen LogP contribution in [0, 0.1) is 5.92 Å². The third-order valence-corrected chi connectivity index (χ3v) is 4.84. The summed E-state index contributed by atoms with van der Waals surface area (Å²) in [6.45, 7) is 1.13. The molecule has 0 spiro atoms. The fourth-order valence-electron chi connectivity index (χ4n) is 3.01. The number of Topliss-reactive ketones (excluding diaryl/α,β-unsaturated/α-hetero) is 1. The first-order valence-electron chi connectivity index (χ1n) is 8.97. The summed E-state index contributed by atoms with van der Waals surface area (Å²) < 4.78 is 5.07. The third kappa shape index (κ3) is 5.00. The fourth-order valence-corrected chi connectivity index (χ4v) is 3.25. The predicted molar refractivity (Wildman–Crippen MR) is 108 cm³/mol. The number of esters is 1. The number of nitrogens with one attached hydrogen (secondary N) is 1. The molecule has 150 valence electrons. The van der Waals surface area contributed by atoms with Crippen molar-refractivity contribution in [2.75, 3.05) is 23.4 Å². The maximum absolute atomic E-state index is 12.3. The molecule has 2 aromatic carbocycles. The monoisotopic (exact) mass is 414 g/mol. The zero-order chi connectivity index (χ0) is 21.0. The Kier molecular flexibility index (Phi) is 6.29. The molecule has 1 atom stereocenters. The van der Waals surface area contributed by atoms with Gasteiger partial charge in [0, 0.05) is 24.2 Å². The zero-order valence-corrected chi connectivity index (χ0v) is 16.4. The molecule has 2 amide bonds. The lowest BCUT2D eigenvalue weighted by atomic mass is 10.1. The minimum absolute atomic E-state index is 0.00180. The molecule has 0 aromatic heterocycles. The highest BCUT2D eigenvalue weighted by atomic mass is 35.5. The van der Waals surface area contributed by atoms with Crippen molar-refractivity contribution < 1.29 is 23.9 Å². The van der Waals surface area contributed by atoms with E-state index in [1.165, 1.54) is 11.8 Å². The Balaban J connectivity index is 1.51. The van der Waals surface area contributed by atoms with Gasteiger partial charge in [-0.3, -0.25) is 19.2 Å². The minimum Gasteiger partial charge on any atom is -0.455 e. The lowest BCUT2D eigenvalue weighted by Crippen LogP contribution is -2.28. The smallest absolute Gasteiger partial charge is 0.311 e. The number of anilines is 2. The van der Waals surface area contributed by atoms with Gasteiger partial charge in [-0.25, -0.2) is 0 Å². The summed E-state index contributed by atoms with van der Waals surface area (Å²) in [6, 6.07) is 13.3. The molecule has 1 aliphatic heterocycles. The van der Waals surface area contributed by atoms with Gasteiger partial charge in [-0.05, 0) is 43.3 Å². The van der Waals surface area contributed by atoms with Crippen molar-refractivity contribution in [1.29, 1.82) is 0 Å². The van der Waals surface area contributed by atoms with Crippen molar-refractivity contribution >= 4 is 46.5 Å². The lowest BCUT2D eigenvalue weighted by Gasteiger charge is -2.17. The van der Waals surface area contributed by atoms with Gasteiger partial charge in [0.1, 0.15) is 0 Å². The van der Waals surface area contributed by atoms with Crippen molar-refractivity contribution in [3.05, 3.63) is 59.1 Å². The topological polar surface area (TPSA) is 92.8 Å². The van der Waals surface area contributed by atoms with Crippen LogP contribution in [0.1, 0.15) is 23.7 Å². The van der Waals surface area contributed by atoms with Gasteiger partial charge in [0.15, 0.2) is 12.4 Å². The quantitative estimate of drug-likeness (QED) is 0.579. The number of nitrogens with zero attached hydrogens (tertiary/aromatic N) is 1. The molecule has 1 aliphatic rings. The van der Waals surface area contributed by atoms with Gasteiger partial charge < -0.3 is 15.0 Å². The molecule has 0 radical (unpaired) electrons. The standard InChI is InChI=1S/C21H19ClN2O5/c1-13(25)14-6-8-16(9-7-14)23-19(26)12-29-21(28)15-10-20(27)24(11-15)18-5-3-2-4-17(18)22/h2-9,15H,10-12H2,1H3,(H,23,26)/t15-/m0/s1. The summed E-state index contributed by atoms with van der Waals surface area (Å²) in [5.74, 6) is -2.10. The highest BCUT2D eigenvalue weighted by Gasteiger charge is 2.37. The number of rotatable bonds is 6. The van der Waals surface area contributed by atoms with Crippen LogP contribution in [0.2, 0.25) is 5.02 Å². The summed E-state index contributed by atoms with van der Waals surface area (Å²) in [5, 5.41) is 3.00. The molecule has 0 bridgehead atoms. The van der Waals surface area contributed by atoms with Gasteiger partial charge in [-0.15, -0.1) is 0 Å². The van der Waals surface area contributed by atoms with Crippen molar-refractivity contribution in [2.24, 2.45) is 5.92 Å². The van der Waals surface area contributed by atoms with Gasteiger partial charge in [0.2, 0.25) is 5.91 Å². The number of para-hydroxylation sites is 1. The first-order valence-corrected chi connectivity index (χ1v) is 9.35. The van der Waals surface area contributed by atoms with Crippen LogP contribution in [0.4, 0.5) is 11.4 Å². The van der Waals surface area contributed by atoms with Crippen LogP contribution in [-0.4, -0.2) is 36.7 Å². The van der Waals surface area contributed by atoms with Gasteiger partial charge in [0.25, 0.3) is 5.91 Å². The Morgan fingerprint density at radius 3 is 2.48 bits per heavy atom. The highest BCUT2D eigenvalue weighted by molar-refractivity contribution is 6.33. The third-order valence-electron chi connectivity index (χ3n) is 4.52. The molecule has 0 unspecified atom stereocenters. The molecule has 7 nitrogen and oxygen atoms in total. The Bertz CT molecular complexity index is 958. The molecule has 1 saturated heterocycles. The van der Waals surface area contributed by atoms with Crippen molar-refractivity contribution in [3.8, 4) is 0 Å². The molecule has 29 heavy (non-hydrogen) atoms. The molecule has 1 fully saturated rings. The average Bonchev–Trinajstić information content (AvgIpc) is 3.08. The van der Waals surface area contributed by atoms with Crippen molar-refractivity contribution in [2.45, 2.75) is 13.3 Å². The van der Waals surface area contributed by atoms with E-state index in [1.807, 2.05) is 0 Å². The SMILES string of the molecule is CC(=O)c1ccc(NC(=O)COC(=O)[C@H]2CC(=O)N(c3ccccc3Cl)C2)cc1. The number of ketones is 1. The second kappa shape index (κ2) is 8.87. The van der Waals surface area contributed by atoms with Crippen LogP contribution in [0.15, 0.2) is 48.5 Å². The van der Waals surface area contributed by atoms with E-state index in [2.05, 4.69) is 5.32 Å². The van der Waals surface area contributed by atoms with Gasteiger partial charge in [-0.1, -0.05) is 23.7 Å². The molecular formula is C21H19ClN2O5. The van der Waals surface area contributed by atoms with E-state index in [1.54, 1.807) is 48.5 Å². The molecule has 3 rings (SSSR count). The number of benzene rings is 2. The van der Waals surface area contributed by atoms with Gasteiger partial charge in [0.05, 0.1) is 16.6 Å². The first kappa shape index (κ1) is 20.5. The number of hydrogen-bond acceptors (Lipinski definition) is 5. The largest absolute Gasteiger partial charge is 0.455 e. The van der Waals surface area contributed by atoms with E-state index in [0.717, 1.165) is 0 Å². The summed E-state index contributed by atoms with van der Waals surface area (Å²) in [5.41, 5.74) is 1.56. The van der Waals surface area contributed by atoms with E-state index in [-0.39, 0.29) is 24.7 Å². The van der Waals surface area contributed by atoms with Crippen LogP contribution in [-0.2, 0) is 19.1 Å². The maximum atomic E-state index is 12.3. The van der Waals surface area contributed by atoms with E-state index >= 15 is 0 Å². The van der Waals surface area contributed by atoms with Gasteiger partial charge in [-0.2, -0.15) is 0 Å². The summed E-state index contributed by atoms with van der Waals surface area (Å²) in [7, 11) is 0. The summed E-state index contributed by atoms with van der Waals surface area (Å²) in [4.78, 5) is 49.2. The normalized spacial score (nSPS) is 15.9. The van der Waals surface area contributed by atoms with E-state index in [4.69, 9.17) is 16.3 Å². The number of carbonyl (C=O) groups is 4.